The van der Waals surface area contributed by atoms with Crippen LogP contribution in [0.3, 0.4) is 0 Å². The molecular formula is C14H21FN2O2S. The molecule has 0 heterocycles. The van der Waals surface area contributed by atoms with Crippen LogP contribution in [0, 0.1) is 15.9 Å². The van der Waals surface area contributed by atoms with E-state index < -0.39 is 16.4 Å². The molecule has 4 nitrogen and oxygen atoms in total. The Morgan fingerprint density at radius 2 is 2.05 bits per heavy atom. The standard InChI is InChI=1S/C14H21FN2O2S/c1-4-14(5-2,20-3)10-16-9-11-6-7-13(17(18)19)12(15)8-11/h6-8,16H,4-5,9-10H2,1-3H3. The van der Waals surface area contributed by atoms with Crippen molar-refractivity contribution in [3.8, 4) is 0 Å². The number of nitro benzene ring substituents is 1. The van der Waals surface area contributed by atoms with Crippen molar-refractivity contribution in [3.63, 3.8) is 0 Å². The van der Waals surface area contributed by atoms with Gasteiger partial charge in [-0.25, -0.2) is 0 Å². The lowest BCUT2D eigenvalue weighted by Crippen LogP contribution is -2.36. The lowest BCUT2D eigenvalue weighted by Gasteiger charge is -2.30. The quantitative estimate of drug-likeness (QED) is 0.587. The molecule has 0 saturated carbocycles. The van der Waals surface area contributed by atoms with Crippen LogP contribution in [0.4, 0.5) is 10.1 Å². The minimum Gasteiger partial charge on any atom is -0.311 e. The molecule has 1 rings (SSSR count). The van der Waals surface area contributed by atoms with Gasteiger partial charge in [-0.15, -0.1) is 0 Å². The fourth-order valence-corrected chi connectivity index (χ4v) is 2.93. The van der Waals surface area contributed by atoms with Gasteiger partial charge in [-0.3, -0.25) is 10.1 Å². The molecule has 112 valence electrons. The lowest BCUT2D eigenvalue weighted by atomic mass is 10.0. The highest BCUT2D eigenvalue weighted by molar-refractivity contribution is 8.00. The van der Waals surface area contributed by atoms with Crippen LogP contribution in [0.15, 0.2) is 18.2 Å². The van der Waals surface area contributed by atoms with Gasteiger partial charge in [-0.05, 0) is 30.7 Å². The van der Waals surface area contributed by atoms with Gasteiger partial charge in [-0.1, -0.05) is 19.9 Å². The predicted octanol–water partition coefficient (Wildman–Crippen LogP) is 3.75. The molecule has 1 N–H and O–H groups in total. The molecule has 1 aromatic rings. The zero-order valence-corrected chi connectivity index (χ0v) is 12.9. The molecule has 0 spiro atoms. The number of nitro groups is 1. The Bertz CT molecular complexity index is 456. The minimum absolute atomic E-state index is 0.194. The maximum absolute atomic E-state index is 13.5. The number of nitrogens with one attached hydrogen (secondary N) is 1. The van der Waals surface area contributed by atoms with Crippen LogP contribution in [-0.2, 0) is 6.54 Å². The highest BCUT2D eigenvalue weighted by Gasteiger charge is 2.24. The van der Waals surface area contributed by atoms with Crippen molar-refractivity contribution >= 4 is 17.4 Å². The SMILES string of the molecule is CCC(CC)(CNCc1ccc([N+](=O)[O-])c(F)c1)SC. The average molecular weight is 300 g/mol. The Morgan fingerprint density at radius 3 is 2.50 bits per heavy atom. The Kier molecular flexibility index (Phi) is 6.42. The van der Waals surface area contributed by atoms with Crippen LogP contribution < -0.4 is 5.32 Å². The summed E-state index contributed by atoms with van der Waals surface area (Å²) in [6.45, 7) is 5.66. The minimum atomic E-state index is -0.781. The maximum Gasteiger partial charge on any atom is 0.304 e. The van der Waals surface area contributed by atoms with E-state index >= 15 is 0 Å². The summed E-state index contributed by atoms with van der Waals surface area (Å²) in [5, 5.41) is 13.9. The molecule has 0 saturated heterocycles. The molecule has 6 heteroatoms. The Balaban J connectivity index is 2.63. The highest BCUT2D eigenvalue weighted by Crippen LogP contribution is 2.29. The van der Waals surface area contributed by atoms with Crippen LogP contribution in [0.5, 0.6) is 0 Å². The fraction of sp³-hybridized carbons (Fsp3) is 0.571. The zero-order chi connectivity index (χ0) is 15.2. The second kappa shape index (κ2) is 7.59. The number of rotatable bonds is 8. The Morgan fingerprint density at radius 1 is 1.40 bits per heavy atom. The second-order valence-corrected chi connectivity index (χ2v) is 6.01. The first-order chi connectivity index (χ1) is 9.48. The molecular weight excluding hydrogens is 279 g/mol. The molecule has 1 aromatic carbocycles. The highest BCUT2D eigenvalue weighted by atomic mass is 32.2. The largest absolute Gasteiger partial charge is 0.311 e. The first-order valence-electron chi connectivity index (χ1n) is 6.66. The van der Waals surface area contributed by atoms with Gasteiger partial charge in [0.05, 0.1) is 4.92 Å². The summed E-state index contributed by atoms with van der Waals surface area (Å²) in [6.07, 6.45) is 4.22. The molecule has 20 heavy (non-hydrogen) atoms. The number of thioether (sulfide) groups is 1. The van der Waals surface area contributed by atoms with Gasteiger partial charge in [0, 0.05) is 23.9 Å². The fourth-order valence-electron chi connectivity index (χ4n) is 2.10. The molecule has 0 fully saturated rings. The summed E-state index contributed by atoms with van der Waals surface area (Å²) in [5.74, 6) is -0.781. The third-order valence-corrected chi connectivity index (χ3v) is 5.29. The van der Waals surface area contributed by atoms with Gasteiger partial charge in [-0.2, -0.15) is 16.2 Å². The molecule has 0 bridgehead atoms. The molecule has 0 aliphatic heterocycles. The van der Waals surface area contributed by atoms with Crippen LogP contribution in [0.25, 0.3) is 0 Å². The van der Waals surface area contributed by atoms with Gasteiger partial charge < -0.3 is 5.32 Å². The van der Waals surface area contributed by atoms with Gasteiger partial charge >= 0.3 is 5.69 Å². The van der Waals surface area contributed by atoms with Crippen molar-refractivity contribution in [1.29, 1.82) is 0 Å². The number of hydrogen-bond acceptors (Lipinski definition) is 4. The molecule has 0 unspecified atom stereocenters. The van der Waals surface area contributed by atoms with E-state index in [4.69, 9.17) is 0 Å². The predicted molar refractivity (Wildman–Crippen MR) is 81.6 cm³/mol. The molecule has 0 aliphatic rings. The van der Waals surface area contributed by atoms with Gasteiger partial charge in [0.1, 0.15) is 0 Å². The van der Waals surface area contributed by atoms with Crippen molar-refractivity contribution in [1.82, 2.24) is 5.32 Å². The van der Waals surface area contributed by atoms with Gasteiger partial charge in [0.15, 0.2) is 0 Å². The summed E-state index contributed by atoms with van der Waals surface area (Å²) in [5.41, 5.74) is 0.240. The number of halogens is 1. The number of hydrogen-bond donors (Lipinski definition) is 1. The summed E-state index contributed by atoms with van der Waals surface area (Å²) in [6, 6.07) is 4.03. The Hall–Kier alpha value is -1.14. The zero-order valence-electron chi connectivity index (χ0n) is 12.1. The normalized spacial score (nSPS) is 11.6. The van der Waals surface area contributed by atoms with E-state index in [0.29, 0.717) is 6.54 Å². The topological polar surface area (TPSA) is 55.2 Å². The first kappa shape index (κ1) is 16.9. The smallest absolute Gasteiger partial charge is 0.304 e. The van der Waals surface area contributed by atoms with E-state index in [1.165, 1.54) is 12.1 Å². The molecule has 0 radical (unpaired) electrons. The van der Waals surface area contributed by atoms with E-state index in [0.717, 1.165) is 24.9 Å². The van der Waals surface area contributed by atoms with Crippen LogP contribution in [0.2, 0.25) is 0 Å². The molecule has 0 aliphatic carbocycles. The van der Waals surface area contributed by atoms with Crippen LogP contribution in [-0.4, -0.2) is 22.5 Å². The van der Waals surface area contributed by atoms with Gasteiger partial charge in [0.2, 0.25) is 5.82 Å². The van der Waals surface area contributed by atoms with Crippen molar-refractivity contribution in [2.75, 3.05) is 12.8 Å². The van der Waals surface area contributed by atoms with E-state index in [2.05, 4.69) is 25.4 Å². The van der Waals surface area contributed by atoms with Crippen molar-refractivity contribution < 1.29 is 9.31 Å². The van der Waals surface area contributed by atoms with E-state index in [1.54, 1.807) is 6.07 Å². The summed E-state index contributed by atoms with van der Waals surface area (Å²) in [7, 11) is 0. The maximum atomic E-state index is 13.5. The van der Waals surface area contributed by atoms with E-state index in [-0.39, 0.29) is 4.75 Å². The lowest BCUT2D eigenvalue weighted by molar-refractivity contribution is -0.387. The van der Waals surface area contributed by atoms with Crippen molar-refractivity contribution in [2.45, 2.75) is 38.0 Å². The third kappa shape index (κ3) is 4.18. The molecule has 0 aromatic heterocycles. The summed E-state index contributed by atoms with van der Waals surface area (Å²) >= 11 is 1.84. The number of nitrogens with zero attached hydrogens (tertiary/aromatic N) is 1. The monoisotopic (exact) mass is 300 g/mol. The average Bonchev–Trinajstić information content (AvgIpc) is 2.44. The van der Waals surface area contributed by atoms with Crippen LogP contribution in [0.1, 0.15) is 32.3 Å². The Labute approximate surface area is 123 Å². The summed E-state index contributed by atoms with van der Waals surface area (Å²) in [4.78, 5) is 9.83. The van der Waals surface area contributed by atoms with Crippen LogP contribution >= 0.6 is 11.8 Å². The summed E-state index contributed by atoms with van der Waals surface area (Å²) < 4.78 is 13.7. The first-order valence-corrected chi connectivity index (χ1v) is 7.89. The van der Waals surface area contributed by atoms with E-state index in [9.17, 15) is 14.5 Å². The third-order valence-electron chi connectivity index (χ3n) is 3.71. The molecule has 0 amide bonds. The van der Waals surface area contributed by atoms with E-state index in [1.807, 2.05) is 11.8 Å². The van der Waals surface area contributed by atoms with Gasteiger partial charge in [0.25, 0.3) is 0 Å². The second-order valence-electron chi connectivity index (χ2n) is 4.74. The molecule has 0 atom stereocenters. The van der Waals surface area contributed by atoms with Crippen molar-refractivity contribution in [2.24, 2.45) is 0 Å². The van der Waals surface area contributed by atoms with Crippen molar-refractivity contribution in [3.05, 3.63) is 39.7 Å². The number of benzene rings is 1.